The molecule has 1 aliphatic rings. The molecule has 0 atom stereocenters. The van der Waals surface area contributed by atoms with Crippen molar-refractivity contribution in [3.05, 3.63) is 27.7 Å². The number of hydrogen-bond acceptors (Lipinski definition) is 1. The van der Waals surface area contributed by atoms with Crippen molar-refractivity contribution in [2.45, 2.75) is 26.2 Å². The second kappa shape index (κ2) is 4.64. The fourth-order valence-corrected chi connectivity index (χ4v) is 2.79. The van der Waals surface area contributed by atoms with Crippen LogP contribution in [0.1, 0.15) is 24.8 Å². The third-order valence-electron chi connectivity index (χ3n) is 2.75. The van der Waals surface area contributed by atoms with Crippen molar-refractivity contribution in [2.24, 2.45) is 0 Å². The zero-order valence-electron chi connectivity index (χ0n) is 9.09. The Balaban J connectivity index is 2.42. The molecule has 0 unspecified atom stereocenters. The van der Waals surface area contributed by atoms with Gasteiger partial charge >= 0.3 is 0 Å². The molecule has 0 aliphatic carbocycles. The Morgan fingerprint density at radius 2 is 1.81 bits per heavy atom. The van der Waals surface area contributed by atoms with Crippen LogP contribution >= 0.6 is 23.2 Å². The molecule has 1 aromatic carbocycles. The SMILES string of the molecule is Cc1cc(Cl)c(N2CCCCC2=O)c(Cl)c1. The lowest BCUT2D eigenvalue weighted by Crippen LogP contribution is -2.35. The van der Waals surface area contributed by atoms with E-state index in [1.807, 2.05) is 19.1 Å². The topological polar surface area (TPSA) is 20.3 Å². The van der Waals surface area contributed by atoms with Crippen LogP contribution in [-0.4, -0.2) is 12.5 Å². The highest BCUT2D eigenvalue weighted by atomic mass is 35.5. The predicted molar refractivity (Wildman–Crippen MR) is 67.4 cm³/mol. The number of carbonyl (C=O) groups is 1. The third kappa shape index (κ3) is 2.18. The molecular weight excluding hydrogens is 245 g/mol. The predicted octanol–water partition coefficient (Wildman–Crippen LogP) is 3.82. The van der Waals surface area contributed by atoms with Crippen LogP contribution in [-0.2, 0) is 4.79 Å². The molecular formula is C12H13Cl2NO. The minimum atomic E-state index is 0.110. The summed E-state index contributed by atoms with van der Waals surface area (Å²) in [6, 6.07) is 3.68. The van der Waals surface area contributed by atoms with E-state index in [1.54, 1.807) is 4.90 Å². The van der Waals surface area contributed by atoms with E-state index in [0.717, 1.165) is 18.4 Å². The molecule has 16 heavy (non-hydrogen) atoms. The van der Waals surface area contributed by atoms with Crippen molar-refractivity contribution < 1.29 is 4.79 Å². The van der Waals surface area contributed by atoms with Gasteiger partial charge in [0.2, 0.25) is 5.91 Å². The van der Waals surface area contributed by atoms with E-state index in [9.17, 15) is 4.79 Å². The van der Waals surface area contributed by atoms with E-state index in [-0.39, 0.29) is 5.91 Å². The molecule has 1 aliphatic heterocycles. The average molecular weight is 258 g/mol. The molecule has 0 radical (unpaired) electrons. The summed E-state index contributed by atoms with van der Waals surface area (Å²) in [6.07, 6.45) is 2.54. The largest absolute Gasteiger partial charge is 0.310 e. The molecule has 2 rings (SSSR count). The minimum Gasteiger partial charge on any atom is -0.310 e. The van der Waals surface area contributed by atoms with Crippen LogP contribution in [0.4, 0.5) is 5.69 Å². The second-order valence-electron chi connectivity index (χ2n) is 4.08. The van der Waals surface area contributed by atoms with Gasteiger partial charge in [-0.15, -0.1) is 0 Å². The van der Waals surface area contributed by atoms with Gasteiger partial charge in [0.1, 0.15) is 0 Å². The fraction of sp³-hybridized carbons (Fsp3) is 0.417. The first-order valence-corrected chi connectivity index (χ1v) is 6.11. The number of nitrogens with zero attached hydrogens (tertiary/aromatic N) is 1. The summed E-state index contributed by atoms with van der Waals surface area (Å²) in [5, 5.41) is 1.11. The van der Waals surface area contributed by atoms with Gasteiger partial charge in [-0.25, -0.2) is 0 Å². The van der Waals surface area contributed by atoms with Crippen molar-refractivity contribution in [2.75, 3.05) is 11.4 Å². The van der Waals surface area contributed by atoms with Crippen LogP contribution in [0.2, 0.25) is 10.0 Å². The van der Waals surface area contributed by atoms with Crippen molar-refractivity contribution >= 4 is 34.8 Å². The first-order chi connectivity index (χ1) is 7.59. The maximum absolute atomic E-state index is 11.8. The molecule has 86 valence electrons. The number of piperidine rings is 1. The lowest BCUT2D eigenvalue weighted by atomic mass is 10.1. The van der Waals surface area contributed by atoms with Crippen molar-refractivity contribution in [3.63, 3.8) is 0 Å². The summed E-state index contributed by atoms with van der Waals surface area (Å²) in [5.74, 6) is 0.110. The quantitative estimate of drug-likeness (QED) is 0.749. The summed E-state index contributed by atoms with van der Waals surface area (Å²) in [7, 11) is 0. The van der Waals surface area contributed by atoms with Crippen LogP contribution in [0.25, 0.3) is 0 Å². The smallest absolute Gasteiger partial charge is 0.227 e. The maximum atomic E-state index is 11.8. The zero-order valence-corrected chi connectivity index (χ0v) is 10.6. The average Bonchev–Trinajstić information content (AvgIpc) is 2.19. The third-order valence-corrected chi connectivity index (χ3v) is 3.33. The number of aryl methyl sites for hydroxylation is 1. The first-order valence-electron chi connectivity index (χ1n) is 5.35. The lowest BCUT2D eigenvalue weighted by Gasteiger charge is -2.28. The van der Waals surface area contributed by atoms with E-state index in [0.29, 0.717) is 28.7 Å². The highest BCUT2D eigenvalue weighted by Crippen LogP contribution is 2.36. The minimum absolute atomic E-state index is 0.110. The van der Waals surface area contributed by atoms with Gasteiger partial charge in [-0.2, -0.15) is 0 Å². The van der Waals surface area contributed by atoms with Crippen molar-refractivity contribution in [3.8, 4) is 0 Å². The molecule has 0 bridgehead atoms. The Morgan fingerprint density at radius 1 is 1.19 bits per heavy atom. The van der Waals surface area contributed by atoms with Crippen molar-refractivity contribution in [1.82, 2.24) is 0 Å². The maximum Gasteiger partial charge on any atom is 0.227 e. The Labute approximate surface area is 105 Å². The van der Waals surface area contributed by atoms with E-state index in [2.05, 4.69) is 0 Å². The first kappa shape index (κ1) is 11.7. The van der Waals surface area contributed by atoms with Crippen LogP contribution < -0.4 is 4.90 Å². The van der Waals surface area contributed by atoms with Crippen LogP contribution in [0.5, 0.6) is 0 Å². The van der Waals surface area contributed by atoms with E-state index in [1.165, 1.54) is 0 Å². The molecule has 4 heteroatoms. The number of rotatable bonds is 1. The molecule has 1 fully saturated rings. The van der Waals surface area contributed by atoms with Crippen LogP contribution in [0.15, 0.2) is 12.1 Å². The number of hydrogen-bond donors (Lipinski definition) is 0. The number of anilines is 1. The summed E-state index contributed by atoms with van der Waals surface area (Å²) in [4.78, 5) is 13.5. The van der Waals surface area contributed by atoms with Gasteiger partial charge in [0.05, 0.1) is 15.7 Å². The van der Waals surface area contributed by atoms with Gasteiger partial charge < -0.3 is 4.90 Å². The summed E-state index contributed by atoms with van der Waals surface area (Å²) in [6.45, 7) is 2.64. The standard InChI is InChI=1S/C12H13Cl2NO/c1-8-6-9(13)12(10(14)7-8)15-5-3-2-4-11(15)16/h6-7H,2-5H2,1H3. The fourth-order valence-electron chi connectivity index (χ4n) is 1.99. The molecule has 0 spiro atoms. The molecule has 2 nitrogen and oxygen atoms in total. The highest BCUT2D eigenvalue weighted by Gasteiger charge is 2.23. The Morgan fingerprint density at radius 3 is 2.38 bits per heavy atom. The molecule has 0 N–H and O–H groups in total. The van der Waals surface area contributed by atoms with Crippen LogP contribution in [0.3, 0.4) is 0 Å². The number of carbonyl (C=O) groups excluding carboxylic acids is 1. The van der Waals surface area contributed by atoms with E-state index in [4.69, 9.17) is 23.2 Å². The number of halogens is 2. The Kier molecular flexibility index (Phi) is 3.41. The molecule has 1 amide bonds. The van der Waals surface area contributed by atoms with Gasteiger partial charge in [-0.3, -0.25) is 4.79 Å². The molecule has 1 aromatic rings. The van der Waals surface area contributed by atoms with E-state index < -0.39 is 0 Å². The number of amides is 1. The Bertz CT molecular complexity index is 408. The van der Waals surface area contributed by atoms with Gasteiger partial charge in [-0.1, -0.05) is 23.2 Å². The van der Waals surface area contributed by atoms with Gasteiger partial charge in [0.15, 0.2) is 0 Å². The van der Waals surface area contributed by atoms with Crippen LogP contribution in [0, 0.1) is 6.92 Å². The lowest BCUT2D eigenvalue weighted by molar-refractivity contribution is -0.119. The van der Waals surface area contributed by atoms with Gasteiger partial charge in [-0.05, 0) is 37.5 Å². The summed E-state index contributed by atoms with van der Waals surface area (Å²) in [5.41, 5.74) is 1.67. The summed E-state index contributed by atoms with van der Waals surface area (Å²) < 4.78 is 0. The van der Waals surface area contributed by atoms with Crippen molar-refractivity contribution in [1.29, 1.82) is 0 Å². The van der Waals surface area contributed by atoms with E-state index >= 15 is 0 Å². The molecule has 0 saturated carbocycles. The molecule has 1 heterocycles. The Hall–Kier alpha value is -0.730. The molecule has 1 saturated heterocycles. The zero-order chi connectivity index (χ0) is 11.7. The molecule has 0 aromatic heterocycles. The number of benzene rings is 1. The highest BCUT2D eigenvalue weighted by molar-refractivity contribution is 6.40. The van der Waals surface area contributed by atoms with Gasteiger partial charge in [0, 0.05) is 13.0 Å². The summed E-state index contributed by atoms with van der Waals surface area (Å²) >= 11 is 12.3. The normalized spacial score (nSPS) is 16.7. The van der Waals surface area contributed by atoms with Gasteiger partial charge in [0.25, 0.3) is 0 Å². The monoisotopic (exact) mass is 257 g/mol. The second-order valence-corrected chi connectivity index (χ2v) is 4.89.